The summed E-state index contributed by atoms with van der Waals surface area (Å²) < 4.78 is 52.2. The number of benzene rings is 1. The van der Waals surface area contributed by atoms with E-state index in [0.717, 1.165) is 18.2 Å². The molecule has 0 aromatic heterocycles. The molecular formula is C8H11F2N5O2S. The minimum absolute atomic E-state index is 0.101. The SMILES string of the molecule is O=S(=O)(NCC1NNNN1)c1c(F)cccc1F. The van der Waals surface area contributed by atoms with Crippen LogP contribution in [-0.2, 0) is 10.0 Å². The number of nitrogens with one attached hydrogen (secondary N) is 5. The Hall–Kier alpha value is -1.17. The standard InChI is InChI=1S/C8H11F2N5O2S/c9-5-2-1-3-6(10)8(5)18(16,17)11-4-7-12-14-15-13-7/h1-3,7,11-15H,4H2. The lowest BCUT2D eigenvalue weighted by Gasteiger charge is -2.11. The highest BCUT2D eigenvalue weighted by Gasteiger charge is 2.25. The summed E-state index contributed by atoms with van der Waals surface area (Å²) in [7, 11) is -4.24. The summed E-state index contributed by atoms with van der Waals surface area (Å²) in [5.74, 6) is -2.27. The molecular weight excluding hydrogens is 268 g/mol. The minimum Gasteiger partial charge on any atom is -0.223 e. The lowest BCUT2D eigenvalue weighted by molar-refractivity contribution is 0.491. The predicted molar refractivity (Wildman–Crippen MR) is 57.9 cm³/mol. The third-order valence-corrected chi connectivity index (χ3v) is 3.69. The van der Waals surface area contributed by atoms with Gasteiger partial charge in [-0.2, -0.15) is 11.1 Å². The molecule has 1 saturated heterocycles. The first-order valence-electron chi connectivity index (χ1n) is 4.95. The zero-order valence-electron chi connectivity index (χ0n) is 9.00. The molecule has 10 heteroatoms. The van der Waals surface area contributed by atoms with Gasteiger partial charge in [0.25, 0.3) is 0 Å². The molecule has 1 fully saturated rings. The largest absolute Gasteiger partial charge is 0.246 e. The highest BCUT2D eigenvalue weighted by Crippen LogP contribution is 2.17. The molecule has 7 nitrogen and oxygen atoms in total. The number of hydrazine groups is 3. The molecule has 1 heterocycles. The van der Waals surface area contributed by atoms with Gasteiger partial charge < -0.3 is 0 Å². The van der Waals surface area contributed by atoms with Crippen LogP contribution in [0.4, 0.5) is 8.78 Å². The van der Waals surface area contributed by atoms with Gasteiger partial charge in [0.1, 0.15) is 11.6 Å². The maximum absolute atomic E-state index is 13.3. The summed E-state index contributed by atoms with van der Waals surface area (Å²) in [4.78, 5) is -0.982. The predicted octanol–water partition coefficient (Wildman–Crippen LogP) is -1.31. The fourth-order valence-corrected chi connectivity index (χ4v) is 2.57. The van der Waals surface area contributed by atoms with E-state index in [2.05, 4.69) is 26.6 Å². The van der Waals surface area contributed by atoms with Crippen molar-refractivity contribution >= 4 is 10.0 Å². The van der Waals surface area contributed by atoms with E-state index in [0.29, 0.717) is 0 Å². The number of hydrogen-bond donors (Lipinski definition) is 5. The van der Waals surface area contributed by atoms with Crippen LogP contribution in [0.1, 0.15) is 0 Å². The van der Waals surface area contributed by atoms with E-state index in [9.17, 15) is 17.2 Å². The Kier molecular flexibility index (Phi) is 3.85. The summed E-state index contributed by atoms with van der Waals surface area (Å²) in [6.45, 7) is -0.101. The lowest BCUT2D eigenvalue weighted by atomic mass is 10.3. The van der Waals surface area contributed by atoms with Gasteiger partial charge >= 0.3 is 0 Å². The van der Waals surface area contributed by atoms with Gasteiger partial charge in [-0.05, 0) is 12.1 Å². The topological polar surface area (TPSA) is 94.3 Å². The van der Waals surface area contributed by atoms with Gasteiger partial charge in [-0.15, -0.1) is 0 Å². The van der Waals surface area contributed by atoms with Crippen LogP contribution in [0.25, 0.3) is 0 Å². The fourth-order valence-electron chi connectivity index (χ4n) is 1.39. The van der Waals surface area contributed by atoms with Crippen LogP contribution >= 0.6 is 0 Å². The molecule has 0 amide bonds. The van der Waals surface area contributed by atoms with Crippen LogP contribution in [0.5, 0.6) is 0 Å². The Morgan fingerprint density at radius 3 is 2.28 bits per heavy atom. The molecule has 1 aromatic rings. The van der Waals surface area contributed by atoms with E-state index in [1.807, 2.05) is 0 Å². The maximum Gasteiger partial charge on any atom is 0.246 e. The maximum atomic E-state index is 13.3. The van der Waals surface area contributed by atoms with E-state index in [1.54, 1.807) is 0 Å². The molecule has 0 saturated carbocycles. The van der Waals surface area contributed by atoms with Gasteiger partial charge in [0.15, 0.2) is 4.90 Å². The quantitative estimate of drug-likeness (QED) is 0.470. The van der Waals surface area contributed by atoms with Crippen LogP contribution in [0, 0.1) is 11.6 Å². The number of sulfonamides is 1. The Labute approximate surface area is 102 Å². The molecule has 5 N–H and O–H groups in total. The second-order valence-electron chi connectivity index (χ2n) is 3.49. The summed E-state index contributed by atoms with van der Waals surface area (Å²) in [5.41, 5.74) is 10.2. The van der Waals surface area contributed by atoms with Gasteiger partial charge in [-0.1, -0.05) is 6.07 Å². The first-order valence-corrected chi connectivity index (χ1v) is 6.44. The van der Waals surface area contributed by atoms with Gasteiger partial charge in [-0.3, -0.25) is 0 Å². The average molecular weight is 279 g/mol. The summed E-state index contributed by atoms with van der Waals surface area (Å²) >= 11 is 0. The molecule has 0 aliphatic carbocycles. The van der Waals surface area contributed by atoms with Crippen LogP contribution in [-0.4, -0.2) is 21.1 Å². The van der Waals surface area contributed by atoms with E-state index in [-0.39, 0.29) is 6.54 Å². The first-order chi connectivity index (χ1) is 8.50. The van der Waals surface area contributed by atoms with Gasteiger partial charge in [0.2, 0.25) is 10.0 Å². The summed E-state index contributed by atoms with van der Waals surface area (Å²) in [6.07, 6.45) is -0.449. The zero-order chi connectivity index (χ0) is 13.2. The normalized spacial score (nSPS) is 17.2. The zero-order valence-corrected chi connectivity index (χ0v) is 9.81. The smallest absolute Gasteiger partial charge is 0.223 e. The lowest BCUT2D eigenvalue weighted by Crippen LogP contribution is -2.44. The summed E-state index contributed by atoms with van der Waals surface area (Å²) in [5, 5.41) is 0. The van der Waals surface area contributed by atoms with Gasteiger partial charge in [-0.25, -0.2) is 32.8 Å². The molecule has 0 bridgehead atoms. The van der Waals surface area contributed by atoms with E-state index >= 15 is 0 Å². The molecule has 1 aliphatic rings. The van der Waals surface area contributed by atoms with Crippen molar-refractivity contribution in [3.05, 3.63) is 29.8 Å². The number of hydrogen-bond acceptors (Lipinski definition) is 6. The number of halogens is 2. The highest BCUT2D eigenvalue weighted by molar-refractivity contribution is 7.89. The van der Waals surface area contributed by atoms with Crippen molar-refractivity contribution in [1.29, 1.82) is 0 Å². The Bertz CT molecular complexity index is 512. The first kappa shape index (κ1) is 13.3. The molecule has 2 rings (SSSR count). The second kappa shape index (κ2) is 5.22. The fraction of sp³-hybridized carbons (Fsp3) is 0.250. The van der Waals surface area contributed by atoms with Crippen LogP contribution in [0.3, 0.4) is 0 Å². The molecule has 0 radical (unpaired) electrons. The Morgan fingerprint density at radius 1 is 1.17 bits per heavy atom. The second-order valence-corrected chi connectivity index (χ2v) is 5.20. The molecule has 0 unspecified atom stereocenters. The molecule has 1 aliphatic heterocycles. The summed E-state index contributed by atoms with van der Waals surface area (Å²) in [6, 6.07) is 2.86. The van der Waals surface area contributed by atoms with Crippen LogP contribution in [0.2, 0.25) is 0 Å². The third-order valence-electron chi connectivity index (χ3n) is 2.22. The van der Waals surface area contributed by atoms with Crippen LogP contribution < -0.4 is 26.6 Å². The minimum atomic E-state index is -4.24. The van der Waals surface area contributed by atoms with Gasteiger partial charge in [0, 0.05) is 6.54 Å². The molecule has 100 valence electrons. The van der Waals surface area contributed by atoms with E-state index < -0.39 is 32.7 Å². The van der Waals surface area contributed by atoms with Crippen molar-refractivity contribution < 1.29 is 17.2 Å². The third kappa shape index (κ3) is 2.80. The van der Waals surface area contributed by atoms with Crippen LogP contribution in [0.15, 0.2) is 23.1 Å². The number of rotatable bonds is 4. The van der Waals surface area contributed by atoms with Crippen molar-refractivity contribution in [2.24, 2.45) is 0 Å². The van der Waals surface area contributed by atoms with E-state index in [4.69, 9.17) is 0 Å². The van der Waals surface area contributed by atoms with Crippen molar-refractivity contribution in [1.82, 2.24) is 26.6 Å². The highest BCUT2D eigenvalue weighted by atomic mass is 32.2. The van der Waals surface area contributed by atoms with Crippen molar-refractivity contribution in [3.8, 4) is 0 Å². The van der Waals surface area contributed by atoms with E-state index in [1.165, 1.54) is 0 Å². The van der Waals surface area contributed by atoms with Crippen molar-refractivity contribution in [2.75, 3.05) is 6.54 Å². The average Bonchev–Trinajstić information content (AvgIpc) is 2.78. The molecule has 1 aromatic carbocycles. The molecule has 0 spiro atoms. The molecule has 0 atom stereocenters. The van der Waals surface area contributed by atoms with Crippen molar-refractivity contribution in [3.63, 3.8) is 0 Å². The van der Waals surface area contributed by atoms with Gasteiger partial charge in [0.05, 0.1) is 6.17 Å². The Balaban J connectivity index is 2.15. The monoisotopic (exact) mass is 279 g/mol. The molecule has 18 heavy (non-hydrogen) atoms. The Morgan fingerprint density at radius 2 is 1.72 bits per heavy atom. The van der Waals surface area contributed by atoms with Crippen molar-refractivity contribution in [2.45, 2.75) is 11.1 Å².